The Hall–Kier alpha value is -0.650. The average Bonchev–Trinajstić information content (AvgIpc) is 3.36. The first kappa shape index (κ1) is 23.0. The Balaban J connectivity index is 1.69. The van der Waals surface area contributed by atoms with Crippen molar-refractivity contribution in [3.05, 3.63) is 0 Å². The molecule has 3 rings (SSSR count). The SMILES string of the molecule is CCCCCCCCCC1(C)OC2(CC(C)(C)NC(C)(C)C2)C(=O)N1CC1CO1. The predicted octanol–water partition coefficient (Wildman–Crippen LogP) is 4.78. The summed E-state index contributed by atoms with van der Waals surface area (Å²) in [6, 6.07) is 0. The third-order valence-corrected chi connectivity index (χ3v) is 6.79. The fraction of sp³-hybridized carbons (Fsp3) is 0.958. The quantitative estimate of drug-likeness (QED) is 0.417. The molecule has 3 aliphatic heterocycles. The van der Waals surface area contributed by atoms with Crippen LogP contribution in [-0.2, 0) is 14.3 Å². The lowest BCUT2D eigenvalue weighted by Gasteiger charge is -2.50. The smallest absolute Gasteiger partial charge is 0.257 e. The number of piperidine rings is 1. The van der Waals surface area contributed by atoms with Crippen LogP contribution in [0.5, 0.6) is 0 Å². The summed E-state index contributed by atoms with van der Waals surface area (Å²) in [6.07, 6.45) is 11.4. The van der Waals surface area contributed by atoms with E-state index in [1.54, 1.807) is 0 Å². The Kier molecular flexibility index (Phi) is 6.72. The zero-order chi connectivity index (χ0) is 21.3. The van der Waals surface area contributed by atoms with Gasteiger partial charge in [-0.15, -0.1) is 0 Å². The van der Waals surface area contributed by atoms with Gasteiger partial charge in [-0.1, -0.05) is 45.4 Å². The fourth-order valence-electron chi connectivity index (χ4n) is 5.95. The van der Waals surface area contributed by atoms with Crippen molar-refractivity contribution in [1.29, 1.82) is 0 Å². The third kappa shape index (κ3) is 5.54. The first-order valence-corrected chi connectivity index (χ1v) is 11.9. The number of hydrogen-bond donors (Lipinski definition) is 1. The highest BCUT2D eigenvalue weighted by atomic mass is 16.6. The van der Waals surface area contributed by atoms with Crippen LogP contribution in [0.15, 0.2) is 0 Å². The number of carbonyl (C=O) groups is 1. The second-order valence-electron chi connectivity index (χ2n) is 11.3. The van der Waals surface area contributed by atoms with Crippen molar-refractivity contribution in [2.75, 3.05) is 13.2 Å². The van der Waals surface area contributed by atoms with Crippen LogP contribution in [0.1, 0.15) is 106 Å². The molecule has 5 heteroatoms. The van der Waals surface area contributed by atoms with E-state index in [9.17, 15) is 4.79 Å². The van der Waals surface area contributed by atoms with Gasteiger partial charge in [-0.3, -0.25) is 4.79 Å². The van der Waals surface area contributed by atoms with Gasteiger partial charge in [-0.2, -0.15) is 0 Å². The highest BCUT2D eigenvalue weighted by Gasteiger charge is 2.63. The molecule has 1 spiro atoms. The average molecular weight is 409 g/mol. The standard InChI is InChI=1S/C24H44N2O3/c1-7-8-9-10-11-12-13-14-23(6)26(15-19-16-28-19)20(27)24(29-23)17-21(2,3)25-22(4,5)18-24/h19,25H,7-18H2,1-6H3. The molecule has 0 saturated carbocycles. The lowest BCUT2D eigenvalue weighted by atomic mass is 9.72. The summed E-state index contributed by atoms with van der Waals surface area (Å²) in [5, 5.41) is 3.70. The maximum atomic E-state index is 13.8. The van der Waals surface area contributed by atoms with Gasteiger partial charge in [0.25, 0.3) is 5.91 Å². The lowest BCUT2D eigenvalue weighted by molar-refractivity contribution is -0.165. The van der Waals surface area contributed by atoms with Crippen LogP contribution in [-0.4, -0.2) is 52.5 Å². The number of unbranched alkanes of at least 4 members (excludes halogenated alkanes) is 6. The van der Waals surface area contributed by atoms with Crippen molar-refractivity contribution in [1.82, 2.24) is 10.2 Å². The molecule has 2 unspecified atom stereocenters. The zero-order valence-corrected chi connectivity index (χ0v) is 19.7. The number of ether oxygens (including phenoxy) is 2. The van der Waals surface area contributed by atoms with Crippen LogP contribution in [0, 0.1) is 0 Å². The Morgan fingerprint density at radius 3 is 2.07 bits per heavy atom. The van der Waals surface area contributed by atoms with Gasteiger partial charge >= 0.3 is 0 Å². The largest absolute Gasteiger partial charge is 0.371 e. The Labute approximate surface area is 178 Å². The predicted molar refractivity (Wildman–Crippen MR) is 117 cm³/mol. The van der Waals surface area contributed by atoms with Crippen LogP contribution >= 0.6 is 0 Å². The number of carbonyl (C=O) groups excluding carboxylic acids is 1. The van der Waals surface area contributed by atoms with Crippen molar-refractivity contribution in [2.45, 2.75) is 134 Å². The molecule has 3 saturated heterocycles. The molecule has 0 aromatic rings. The van der Waals surface area contributed by atoms with E-state index in [1.807, 2.05) is 4.90 Å². The van der Waals surface area contributed by atoms with Gasteiger partial charge in [-0.05, 0) is 47.5 Å². The van der Waals surface area contributed by atoms with Crippen molar-refractivity contribution in [3.63, 3.8) is 0 Å². The van der Waals surface area contributed by atoms with Crippen LogP contribution in [0.25, 0.3) is 0 Å². The van der Waals surface area contributed by atoms with Gasteiger partial charge in [0, 0.05) is 23.9 Å². The minimum atomic E-state index is -0.719. The molecule has 3 aliphatic rings. The second-order valence-corrected chi connectivity index (χ2v) is 11.3. The van der Waals surface area contributed by atoms with E-state index in [2.05, 4.69) is 46.9 Å². The summed E-state index contributed by atoms with van der Waals surface area (Å²) >= 11 is 0. The molecule has 0 radical (unpaired) electrons. The number of nitrogens with zero attached hydrogens (tertiary/aromatic N) is 1. The van der Waals surface area contributed by atoms with E-state index in [-0.39, 0.29) is 23.1 Å². The van der Waals surface area contributed by atoms with Crippen molar-refractivity contribution < 1.29 is 14.3 Å². The molecule has 2 atom stereocenters. The number of amides is 1. The van der Waals surface area contributed by atoms with Crippen LogP contribution < -0.4 is 5.32 Å². The van der Waals surface area contributed by atoms with E-state index < -0.39 is 11.3 Å². The maximum Gasteiger partial charge on any atom is 0.257 e. The van der Waals surface area contributed by atoms with Gasteiger partial charge in [0.15, 0.2) is 5.60 Å². The molecule has 29 heavy (non-hydrogen) atoms. The van der Waals surface area contributed by atoms with Gasteiger partial charge in [0.2, 0.25) is 0 Å². The number of epoxide rings is 1. The first-order valence-electron chi connectivity index (χ1n) is 11.9. The Morgan fingerprint density at radius 1 is 0.966 bits per heavy atom. The minimum Gasteiger partial charge on any atom is -0.371 e. The van der Waals surface area contributed by atoms with E-state index in [4.69, 9.17) is 9.47 Å². The molecule has 0 aromatic heterocycles. The molecule has 0 aromatic carbocycles. The third-order valence-electron chi connectivity index (χ3n) is 6.79. The van der Waals surface area contributed by atoms with E-state index in [1.165, 1.54) is 38.5 Å². The summed E-state index contributed by atoms with van der Waals surface area (Å²) < 4.78 is 12.3. The van der Waals surface area contributed by atoms with Crippen molar-refractivity contribution in [2.24, 2.45) is 0 Å². The van der Waals surface area contributed by atoms with Crippen LogP contribution in [0.2, 0.25) is 0 Å². The molecular formula is C24H44N2O3. The van der Waals surface area contributed by atoms with Gasteiger partial charge < -0.3 is 19.7 Å². The minimum absolute atomic E-state index is 0.135. The summed E-state index contributed by atoms with van der Waals surface area (Å²) in [5.74, 6) is 0.182. The van der Waals surface area contributed by atoms with Crippen LogP contribution in [0.3, 0.4) is 0 Å². The Bertz CT molecular complexity index is 569. The molecular weight excluding hydrogens is 364 g/mol. The zero-order valence-electron chi connectivity index (χ0n) is 19.7. The summed E-state index contributed by atoms with van der Waals surface area (Å²) in [7, 11) is 0. The van der Waals surface area contributed by atoms with E-state index in [0.717, 1.165) is 32.3 Å². The molecule has 1 N–H and O–H groups in total. The fourth-order valence-corrected chi connectivity index (χ4v) is 5.95. The summed E-state index contributed by atoms with van der Waals surface area (Å²) in [4.78, 5) is 15.8. The van der Waals surface area contributed by atoms with Gasteiger partial charge in [-0.25, -0.2) is 0 Å². The molecule has 0 bridgehead atoms. The highest BCUT2D eigenvalue weighted by Crippen LogP contribution is 2.49. The highest BCUT2D eigenvalue weighted by molar-refractivity contribution is 5.88. The monoisotopic (exact) mass is 408 g/mol. The maximum absolute atomic E-state index is 13.8. The molecule has 3 heterocycles. The molecule has 5 nitrogen and oxygen atoms in total. The topological polar surface area (TPSA) is 54.1 Å². The van der Waals surface area contributed by atoms with Gasteiger partial charge in [0.1, 0.15) is 5.72 Å². The Morgan fingerprint density at radius 2 is 1.52 bits per heavy atom. The van der Waals surface area contributed by atoms with E-state index >= 15 is 0 Å². The first-order chi connectivity index (χ1) is 13.5. The molecule has 3 fully saturated rings. The normalized spacial score (nSPS) is 32.1. The number of nitrogens with one attached hydrogen (secondary N) is 1. The summed E-state index contributed by atoms with van der Waals surface area (Å²) in [5.41, 5.74) is -1.51. The van der Waals surface area contributed by atoms with Crippen molar-refractivity contribution >= 4 is 5.91 Å². The lowest BCUT2D eigenvalue weighted by Crippen LogP contribution is -2.65. The molecule has 168 valence electrons. The van der Waals surface area contributed by atoms with Crippen molar-refractivity contribution in [3.8, 4) is 0 Å². The molecule has 1 amide bonds. The number of rotatable bonds is 10. The number of hydrogen-bond acceptors (Lipinski definition) is 4. The van der Waals surface area contributed by atoms with Gasteiger partial charge in [0.05, 0.1) is 19.3 Å². The molecule has 0 aliphatic carbocycles. The van der Waals surface area contributed by atoms with Crippen LogP contribution in [0.4, 0.5) is 0 Å². The second kappa shape index (κ2) is 8.47. The summed E-state index contributed by atoms with van der Waals surface area (Å²) in [6.45, 7) is 14.6. The van der Waals surface area contributed by atoms with E-state index in [0.29, 0.717) is 6.54 Å².